The summed E-state index contributed by atoms with van der Waals surface area (Å²) in [6.07, 6.45) is 6.59. The van der Waals surface area contributed by atoms with E-state index in [9.17, 15) is 0 Å². The summed E-state index contributed by atoms with van der Waals surface area (Å²) in [4.78, 5) is 7.10. The zero-order chi connectivity index (χ0) is 17.5. The molecule has 25 heavy (non-hydrogen) atoms. The number of ether oxygens (including phenoxy) is 2. The van der Waals surface area contributed by atoms with Gasteiger partial charge in [-0.2, -0.15) is 0 Å². The van der Waals surface area contributed by atoms with Crippen LogP contribution in [0.25, 0.3) is 0 Å². The zero-order valence-corrected chi connectivity index (χ0v) is 15.1. The molecule has 1 aromatic rings. The molecule has 0 bridgehead atoms. The molecule has 0 amide bonds. The van der Waals surface area contributed by atoms with Crippen LogP contribution in [0, 0.1) is 5.92 Å². The Morgan fingerprint density at radius 3 is 3.04 bits per heavy atom. The number of guanidine groups is 1. The summed E-state index contributed by atoms with van der Waals surface area (Å²) >= 11 is 0. The van der Waals surface area contributed by atoms with Crippen LogP contribution in [-0.2, 0) is 15.9 Å². The summed E-state index contributed by atoms with van der Waals surface area (Å²) in [7, 11) is 0. The van der Waals surface area contributed by atoms with E-state index in [4.69, 9.17) is 18.9 Å². The molecule has 0 saturated carbocycles. The molecule has 0 spiro atoms. The Labute approximate surface area is 149 Å². The van der Waals surface area contributed by atoms with Gasteiger partial charge in [0, 0.05) is 38.5 Å². The molecule has 6 nitrogen and oxygen atoms in total. The number of aliphatic imine (C=N–C) groups is 1. The van der Waals surface area contributed by atoms with Crippen molar-refractivity contribution in [1.29, 1.82) is 0 Å². The quantitative estimate of drug-likeness (QED) is 0.487. The number of piperidine rings is 1. The van der Waals surface area contributed by atoms with E-state index in [1.807, 2.05) is 18.2 Å². The molecule has 1 aromatic heterocycles. The predicted octanol–water partition coefficient (Wildman–Crippen LogP) is 2.43. The molecule has 138 valence electrons. The Hall–Kier alpha value is -1.79. The van der Waals surface area contributed by atoms with E-state index in [-0.39, 0.29) is 0 Å². The van der Waals surface area contributed by atoms with Gasteiger partial charge in [0.2, 0.25) is 0 Å². The number of rotatable bonds is 6. The highest BCUT2D eigenvalue weighted by atomic mass is 16.7. The average Bonchev–Trinajstić information content (AvgIpc) is 3.30. The van der Waals surface area contributed by atoms with Crippen LogP contribution in [0.2, 0.25) is 0 Å². The van der Waals surface area contributed by atoms with Crippen LogP contribution in [0.3, 0.4) is 0 Å². The standard InChI is InChI=1S/C19H29N3O3/c1-3-9-20-18(21-10-8-17-7-5-12-23-17)22-11-4-6-16(15-22)19(2)24-13-14-25-19/h3,5,7,12,16H,1,4,6,8-11,13-15H2,2H3,(H,20,21). The second-order valence-electron chi connectivity index (χ2n) is 6.70. The fourth-order valence-electron chi connectivity index (χ4n) is 3.52. The van der Waals surface area contributed by atoms with Gasteiger partial charge in [0.25, 0.3) is 0 Å². The van der Waals surface area contributed by atoms with E-state index < -0.39 is 5.79 Å². The van der Waals surface area contributed by atoms with Gasteiger partial charge in [-0.05, 0) is 31.9 Å². The van der Waals surface area contributed by atoms with Crippen molar-refractivity contribution in [2.45, 2.75) is 32.0 Å². The van der Waals surface area contributed by atoms with Crippen molar-refractivity contribution in [3.8, 4) is 0 Å². The maximum absolute atomic E-state index is 5.88. The molecule has 6 heteroatoms. The lowest BCUT2D eigenvalue weighted by Crippen LogP contribution is -2.52. The van der Waals surface area contributed by atoms with Crippen molar-refractivity contribution >= 4 is 5.96 Å². The van der Waals surface area contributed by atoms with Crippen LogP contribution in [-0.4, -0.2) is 56.0 Å². The van der Waals surface area contributed by atoms with Gasteiger partial charge in [0.1, 0.15) is 5.76 Å². The van der Waals surface area contributed by atoms with Gasteiger partial charge in [-0.1, -0.05) is 6.08 Å². The molecule has 0 aliphatic carbocycles. The largest absolute Gasteiger partial charge is 0.469 e. The maximum atomic E-state index is 5.88. The summed E-state index contributed by atoms with van der Waals surface area (Å²) in [5.41, 5.74) is 0. The number of nitrogens with one attached hydrogen (secondary N) is 1. The highest BCUT2D eigenvalue weighted by molar-refractivity contribution is 5.80. The highest BCUT2D eigenvalue weighted by Crippen LogP contribution is 2.34. The Balaban J connectivity index is 1.63. The summed E-state index contributed by atoms with van der Waals surface area (Å²) < 4.78 is 17.2. The summed E-state index contributed by atoms with van der Waals surface area (Å²) in [6.45, 7) is 10.5. The fraction of sp³-hybridized carbons (Fsp3) is 0.632. The third kappa shape index (κ3) is 4.64. The van der Waals surface area contributed by atoms with E-state index in [1.54, 1.807) is 6.26 Å². The highest BCUT2D eigenvalue weighted by Gasteiger charge is 2.42. The third-order valence-electron chi connectivity index (χ3n) is 4.93. The molecule has 2 fully saturated rings. The minimum absolute atomic E-state index is 0.351. The second kappa shape index (κ2) is 8.54. The first-order chi connectivity index (χ1) is 12.2. The number of hydrogen-bond donors (Lipinski definition) is 1. The number of hydrogen-bond acceptors (Lipinski definition) is 4. The predicted molar refractivity (Wildman–Crippen MR) is 97.5 cm³/mol. The molecule has 0 radical (unpaired) electrons. The topological polar surface area (TPSA) is 59.2 Å². The van der Waals surface area contributed by atoms with Gasteiger partial charge in [0.15, 0.2) is 11.7 Å². The molecule has 3 rings (SSSR count). The molecular weight excluding hydrogens is 318 g/mol. The third-order valence-corrected chi connectivity index (χ3v) is 4.93. The average molecular weight is 347 g/mol. The van der Waals surface area contributed by atoms with Crippen LogP contribution in [0.1, 0.15) is 25.5 Å². The summed E-state index contributed by atoms with van der Waals surface area (Å²) in [5.74, 6) is 1.78. The van der Waals surface area contributed by atoms with Crippen LogP contribution in [0.15, 0.2) is 40.5 Å². The Morgan fingerprint density at radius 2 is 2.32 bits per heavy atom. The van der Waals surface area contributed by atoms with Crippen LogP contribution in [0.4, 0.5) is 0 Å². The molecular formula is C19H29N3O3. The summed E-state index contributed by atoms with van der Waals surface area (Å²) in [5, 5.41) is 3.39. The van der Waals surface area contributed by atoms with Crippen molar-refractivity contribution in [2.75, 3.05) is 39.4 Å². The molecule has 2 aliphatic rings. The molecule has 2 saturated heterocycles. The van der Waals surface area contributed by atoms with Crippen molar-refractivity contribution in [3.63, 3.8) is 0 Å². The first-order valence-electron chi connectivity index (χ1n) is 9.16. The van der Waals surface area contributed by atoms with Crippen molar-refractivity contribution < 1.29 is 13.9 Å². The molecule has 1 unspecified atom stereocenters. The fourth-order valence-corrected chi connectivity index (χ4v) is 3.52. The minimum Gasteiger partial charge on any atom is -0.469 e. The van der Waals surface area contributed by atoms with Gasteiger partial charge < -0.3 is 24.1 Å². The number of nitrogens with zero attached hydrogens (tertiary/aromatic N) is 2. The molecule has 3 heterocycles. The van der Waals surface area contributed by atoms with E-state index in [0.29, 0.717) is 32.2 Å². The number of furan rings is 1. The van der Waals surface area contributed by atoms with E-state index >= 15 is 0 Å². The first-order valence-corrected chi connectivity index (χ1v) is 9.16. The second-order valence-corrected chi connectivity index (χ2v) is 6.70. The van der Waals surface area contributed by atoms with Crippen molar-refractivity contribution in [3.05, 3.63) is 36.8 Å². The van der Waals surface area contributed by atoms with Gasteiger partial charge in [0.05, 0.1) is 19.5 Å². The van der Waals surface area contributed by atoms with Crippen LogP contribution < -0.4 is 5.32 Å². The SMILES string of the molecule is C=CCNC(=NCCc1ccco1)N1CCCC(C2(C)OCCO2)C1. The van der Waals surface area contributed by atoms with Gasteiger partial charge in [-0.25, -0.2) is 0 Å². The van der Waals surface area contributed by atoms with E-state index in [0.717, 1.165) is 44.1 Å². The van der Waals surface area contributed by atoms with Crippen molar-refractivity contribution in [2.24, 2.45) is 10.9 Å². The van der Waals surface area contributed by atoms with Gasteiger partial charge in [-0.3, -0.25) is 4.99 Å². The van der Waals surface area contributed by atoms with Crippen molar-refractivity contribution in [1.82, 2.24) is 10.2 Å². The number of likely N-dealkylation sites (tertiary alicyclic amines) is 1. The molecule has 0 aromatic carbocycles. The molecule has 2 aliphatic heterocycles. The first kappa shape index (κ1) is 18.0. The van der Waals surface area contributed by atoms with Gasteiger partial charge >= 0.3 is 0 Å². The lowest BCUT2D eigenvalue weighted by molar-refractivity contribution is -0.189. The Morgan fingerprint density at radius 1 is 1.48 bits per heavy atom. The molecule has 1 atom stereocenters. The molecule has 1 N–H and O–H groups in total. The minimum atomic E-state index is -0.462. The van der Waals surface area contributed by atoms with E-state index in [1.165, 1.54) is 0 Å². The van der Waals surface area contributed by atoms with Crippen LogP contribution >= 0.6 is 0 Å². The Bertz CT molecular complexity index is 564. The monoisotopic (exact) mass is 347 g/mol. The van der Waals surface area contributed by atoms with E-state index in [2.05, 4.69) is 23.7 Å². The zero-order valence-electron chi connectivity index (χ0n) is 15.1. The normalized spacial score (nSPS) is 23.6. The van der Waals surface area contributed by atoms with Gasteiger partial charge in [-0.15, -0.1) is 6.58 Å². The Kier molecular flexibility index (Phi) is 6.15. The lowest BCUT2D eigenvalue weighted by atomic mass is 9.90. The lowest BCUT2D eigenvalue weighted by Gasteiger charge is -2.41. The summed E-state index contributed by atoms with van der Waals surface area (Å²) in [6, 6.07) is 3.90. The maximum Gasteiger partial charge on any atom is 0.194 e. The smallest absolute Gasteiger partial charge is 0.194 e. The van der Waals surface area contributed by atoms with Crippen LogP contribution in [0.5, 0.6) is 0 Å².